The lowest BCUT2D eigenvalue weighted by molar-refractivity contribution is 0.471. The van der Waals surface area contributed by atoms with Crippen molar-refractivity contribution < 1.29 is 9.52 Å². The molecule has 0 saturated carbocycles. The Morgan fingerprint density at radius 3 is 2.79 bits per heavy atom. The number of aryl methyl sites for hydroxylation is 1. The van der Waals surface area contributed by atoms with Crippen molar-refractivity contribution in [1.82, 2.24) is 4.98 Å². The average Bonchev–Trinajstić information content (AvgIpc) is 3.07. The van der Waals surface area contributed by atoms with E-state index in [0.717, 1.165) is 33.5 Å². The monoisotopic (exact) mass is 454 g/mol. The van der Waals surface area contributed by atoms with Gasteiger partial charge in [-0.2, -0.15) is 0 Å². The fourth-order valence-electron chi connectivity index (χ4n) is 2.97. The van der Waals surface area contributed by atoms with Gasteiger partial charge in [-0.1, -0.05) is 23.7 Å². The van der Waals surface area contributed by atoms with Gasteiger partial charge in [-0.25, -0.2) is 4.98 Å². The first kappa shape index (κ1) is 18.7. The van der Waals surface area contributed by atoms with Crippen LogP contribution in [-0.2, 0) is 0 Å². The molecule has 0 aliphatic carbocycles. The first-order chi connectivity index (χ1) is 13.4. The Labute approximate surface area is 175 Å². The lowest BCUT2D eigenvalue weighted by Crippen LogP contribution is -1.87. The largest absolute Gasteiger partial charge is 0.506 e. The summed E-state index contributed by atoms with van der Waals surface area (Å²) in [5.41, 5.74) is 5.81. The summed E-state index contributed by atoms with van der Waals surface area (Å²) in [6.07, 6.45) is 1.59. The number of phenols is 1. The van der Waals surface area contributed by atoms with E-state index >= 15 is 0 Å². The van der Waals surface area contributed by atoms with Gasteiger partial charge in [-0.15, -0.1) is 0 Å². The summed E-state index contributed by atoms with van der Waals surface area (Å²) in [6, 6.07) is 15.0. The van der Waals surface area contributed by atoms with Crippen LogP contribution in [0.3, 0.4) is 0 Å². The van der Waals surface area contributed by atoms with E-state index in [1.165, 1.54) is 0 Å². The number of phenolic OH excluding ortho intramolecular Hbond substituents is 1. The van der Waals surface area contributed by atoms with E-state index in [0.29, 0.717) is 20.9 Å². The minimum atomic E-state index is 0.0938. The molecule has 3 aromatic carbocycles. The highest BCUT2D eigenvalue weighted by Crippen LogP contribution is 2.33. The third-order valence-electron chi connectivity index (χ3n) is 4.48. The molecule has 0 fully saturated rings. The Bertz CT molecular complexity index is 1230. The quantitative estimate of drug-likeness (QED) is 0.339. The zero-order chi connectivity index (χ0) is 19.8. The van der Waals surface area contributed by atoms with Crippen LogP contribution in [0.4, 0.5) is 5.69 Å². The van der Waals surface area contributed by atoms with E-state index in [-0.39, 0.29) is 5.75 Å². The van der Waals surface area contributed by atoms with Gasteiger partial charge < -0.3 is 9.52 Å². The number of oxazole rings is 1. The Morgan fingerprint density at radius 2 is 1.96 bits per heavy atom. The molecule has 0 saturated heterocycles. The van der Waals surface area contributed by atoms with Crippen LogP contribution in [0.5, 0.6) is 5.75 Å². The number of benzene rings is 3. The van der Waals surface area contributed by atoms with Gasteiger partial charge in [0.05, 0.1) is 10.2 Å². The molecule has 0 radical (unpaired) electrons. The van der Waals surface area contributed by atoms with Crippen LogP contribution in [0.25, 0.3) is 22.6 Å². The number of aliphatic imine (C=N–C) groups is 1. The van der Waals surface area contributed by atoms with E-state index in [9.17, 15) is 5.11 Å². The fourth-order valence-corrected chi connectivity index (χ4v) is 3.81. The summed E-state index contributed by atoms with van der Waals surface area (Å²) < 4.78 is 6.45. The molecule has 28 heavy (non-hydrogen) atoms. The van der Waals surface area contributed by atoms with Crippen LogP contribution < -0.4 is 0 Å². The number of fused-ring (bicyclic) bond motifs is 1. The first-order valence-corrected chi connectivity index (χ1v) is 9.79. The van der Waals surface area contributed by atoms with Crippen molar-refractivity contribution in [3.63, 3.8) is 0 Å². The van der Waals surface area contributed by atoms with Crippen molar-refractivity contribution in [2.45, 2.75) is 13.8 Å². The highest BCUT2D eigenvalue weighted by atomic mass is 79.9. The van der Waals surface area contributed by atoms with E-state index in [1.54, 1.807) is 18.3 Å². The normalized spacial score (nSPS) is 11.6. The minimum Gasteiger partial charge on any atom is -0.506 e. The second kappa shape index (κ2) is 7.41. The molecule has 1 heterocycles. The van der Waals surface area contributed by atoms with Crippen molar-refractivity contribution in [1.29, 1.82) is 0 Å². The van der Waals surface area contributed by atoms with Crippen molar-refractivity contribution in [2.24, 2.45) is 4.99 Å². The van der Waals surface area contributed by atoms with Crippen LogP contribution in [0.2, 0.25) is 5.02 Å². The number of halogens is 2. The molecule has 6 heteroatoms. The maximum atomic E-state index is 10.2. The highest BCUT2D eigenvalue weighted by molar-refractivity contribution is 9.10. The van der Waals surface area contributed by atoms with Crippen LogP contribution in [0.1, 0.15) is 16.7 Å². The summed E-state index contributed by atoms with van der Waals surface area (Å²) in [5, 5.41) is 10.7. The fraction of sp³-hybridized carbons (Fsp3) is 0.0909. The lowest BCUT2D eigenvalue weighted by atomic mass is 10.1. The van der Waals surface area contributed by atoms with Crippen molar-refractivity contribution in [2.75, 3.05) is 0 Å². The van der Waals surface area contributed by atoms with Gasteiger partial charge in [-0.3, -0.25) is 4.99 Å². The molecule has 0 aliphatic rings. The Morgan fingerprint density at radius 1 is 1.14 bits per heavy atom. The zero-order valence-corrected chi connectivity index (χ0v) is 17.5. The second-order valence-electron chi connectivity index (χ2n) is 6.52. The predicted octanol–water partition coefficient (Wildman–Crippen LogP) is 6.98. The van der Waals surface area contributed by atoms with Crippen molar-refractivity contribution in [3.8, 4) is 17.2 Å². The Balaban J connectivity index is 1.74. The smallest absolute Gasteiger partial charge is 0.227 e. The summed E-state index contributed by atoms with van der Waals surface area (Å²) >= 11 is 9.35. The van der Waals surface area contributed by atoms with Crippen LogP contribution in [0.15, 0.2) is 62.4 Å². The molecule has 0 bridgehead atoms. The van der Waals surface area contributed by atoms with E-state index in [2.05, 4.69) is 25.9 Å². The number of aromatic hydroxyl groups is 1. The summed E-state index contributed by atoms with van der Waals surface area (Å²) in [4.78, 5) is 9.16. The Hall–Kier alpha value is -2.63. The number of aromatic nitrogens is 1. The summed E-state index contributed by atoms with van der Waals surface area (Å²) in [7, 11) is 0. The van der Waals surface area contributed by atoms with Crippen molar-refractivity contribution >= 4 is 50.5 Å². The standard InChI is InChI=1S/C22H16BrClN2O2/c1-12-6-7-20-19(8-12)26-22(28-20)16-4-3-5-18(13(16)2)25-11-14-9-15(24)10-17(23)21(14)27/h3-11,27H,1-2H3. The van der Waals surface area contributed by atoms with Gasteiger partial charge in [0.1, 0.15) is 11.3 Å². The third-order valence-corrected chi connectivity index (χ3v) is 5.30. The molecule has 140 valence electrons. The lowest BCUT2D eigenvalue weighted by Gasteiger charge is -2.06. The van der Waals surface area contributed by atoms with Gasteiger partial charge in [0.25, 0.3) is 0 Å². The summed E-state index contributed by atoms with van der Waals surface area (Å²) in [5.74, 6) is 0.653. The molecule has 4 aromatic rings. The molecule has 0 amide bonds. The van der Waals surface area contributed by atoms with E-state index < -0.39 is 0 Å². The maximum absolute atomic E-state index is 10.2. The predicted molar refractivity (Wildman–Crippen MR) is 117 cm³/mol. The summed E-state index contributed by atoms with van der Waals surface area (Å²) in [6.45, 7) is 3.99. The third kappa shape index (κ3) is 3.55. The zero-order valence-electron chi connectivity index (χ0n) is 15.2. The van der Waals surface area contributed by atoms with Crippen LogP contribution in [-0.4, -0.2) is 16.3 Å². The van der Waals surface area contributed by atoms with Gasteiger partial charge in [0, 0.05) is 22.4 Å². The topological polar surface area (TPSA) is 58.6 Å². The molecule has 0 aliphatic heterocycles. The minimum absolute atomic E-state index is 0.0938. The second-order valence-corrected chi connectivity index (χ2v) is 7.81. The molecule has 4 nitrogen and oxygen atoms in total. The van der Waals surface area contributed by atoms with Gasteiger partial charge in [0.2, 0.25) is 5.89 Å². The van der Waals surface area contributed by atoms with Crippen molar-refractivity contribution in [3.05, 3.63) is 74.7 Å². The number of rotatable bonds is 3. The maximum Gasteiger partial charge on any atom is 0.227 e. The number of hydrogen-bond acceptors (Lipinski definition) is 4. The number of nitrogens with zero attached hydrogens (tertiary/aromatic N) is 2. The molecule has 1 N–H and O–H groups in total. The number of hydrogen-bond donors (Lipinski definition) is 1. The molecule has 0 atom stereocenters. The molecule has 1 aromatic heterocycles. The van der Waals surface area contributed by atoms with Crippen LogP contribution in [0, 0.1) is 13.8 Å². The molecule has 0 unspecified atom stereocenters. The molecule has 4 rings (SSSR count). The van der Waals surface area contributed by atoms with Crippen LogP contribution >= 0.6 is 27.5 Å². The average molecular weight is 456 g/mol. The molecular formula is C22H16BrClN2O2. The van der Waals surface area contributed by atoms with E-state index in [1.807, 2.05) is 50.2 Å². The van der Waals surface area contributed by atoms with Gasteiger partial charge in [-0.05, 0) is 77.3 Å². The SMILES string of the molecule is Cc1ccc2oc(-c3cccc(N=Cc4cc(Cl)cc(Br)c4O)c3C)nc2c1. The highest BCUT2D eigenvalue weighted by Gasteiger charge is 2.13. The van der Waals surface area contributed by atoms with Gasteiger partial charge >= 0.3 is 0 Å². The Kier molecular flexibility index (Phi) is 4.96. The van der Waals surface area contributed by atoms with Gasteiger partial charge in [0.15, 0.2) is 5.58 Å². The first-order valence-electron chi connectivity index (χ1n) is 8.61. The molecular weight excluding hydrogens is 440 g/mol. The van der Waals surface area contributed by atoms with E-state index in [4.69, 9.17) is 16.0 Å². The molecule has 0 spiro atoms.